The van der Waals surface area contributed by atoms with Crippen molar-refractivity contribution >= 4 is 0 Å². The molecule has 0 aliphatic carbocycles. The van der Waals surface area contributed by atoms with Crippen molar-refractivity contribution in [3.8, 4) is 5.75 Å². The van der Waals surface area contributed by atoms with Gasteiger partial charge in [0.1, 0.15) is 5.75 Å². The molecule has 0 saturated heterocycles. The summed E-state index contributed by atoms with van der Waals surface area (Å²) in [5.74, 6) is 0.945. The molecule has 0 saturated carbocycles. The Balaban J connectivity index is 2.50. The van der Waals surface area contributed by atoms with Gasteiger partial charge >= 0.3 is 0 Å². The molecule has 0 bridgehead atoms. The number of hydrogen-bond acceptors (Lipinski definition) is 4. The summed E-state index contributed by atoms with van der Waals surface area (Å²) >= 11 is 0. The minimum atomic E-state index is 0.317. The van der Waals surface area contributed by atoms with Gasteiger partial charge in [-0.1, -0.05) is 19.1 Å². The molecule has 0 radical (unpaired) electrons. The molecule has 0 aromatic heterocycles. The summed E-state index contributed by atoms with van der Waals surface area (Å²) < 4.78 is 11.0. The quantitative estimate of drug-likeness (QED) is 0.636. The van der Waals surface area contributed by atoms with Crippen LogP contribution in [0.3, 0.4) is 0 Å². The van der Waals surface area contributed by atoms with Crippen LogP contribution in [0.5, 0.6) is 5.75 Å². The number of likely N-dealkylation sites (N-methyl/N-ethyl adjacent to an activating group) is 2. The summed E-state index contributed by atoms with van der Waals surface area (Å²) in [7, 11) is 4.13. The fourth-order valence-electron chi connectivity index (χ4n) is 2.15. The van der Waals surface area contributed by atoms with Crippen molar-refractivity contribution in [2.75, 3.05) is 47.0 Å². The van der Waals surface area contributed by atoms with Gasteiger partial charge in [-0.25, -0.2) is 0 Å². The molecule has 1 atom stereocenters. The highest BCUT2D eigenvalue weighted by Crippen LogP contribution is 2.18. The van der Waals surface area contributed by atoms with Gasteiger partial charge in [-0.05, 0) is 45.1 Å². The summed E-state index contributed by atoms with van der Waals surface area (Å²) in [5, 5.41) is 3.38. The monoisotopic (exact) mass is 294 g/mol. The first-order valence-electron chi connectivity index (χ1n) is 7.87. The van der Waals surface area contributed by atoms with Gasteiger partial charge in [0.25, 0.3) is 0 Å². The molecule has 1 rings (SSSR count). The lowest BCUT2D eigenvalue weighted by Crippen LogP contribution is -2.33. The second-order valence-corrected chi connectivity index (χ2v) is 5.22. The molecule has 4 nitrogen and oxygen atoms in total. The van der Waals surface area contributed by atoms with Crippen molar-refractivity contribution in [1.82, 2.24) is 10.2 Å². The van der Waals surface area contributed by atoms with Crippen LogP contribution in [0.15, 0.2) is 24.3 Å². The molecule has 0 aliphatic rings. The van der Waals surface area contributed by atoms with E-state index in [4.69, 9.17) is 9.47 Å². The molecule has 1 aromatic rings. The highest BCUT2D eigenvalue weighted by Gasteiger charge is 2.12. The number of hydrogen-bond donors (Lipinski definition) is 1. The fraction of sp³-hybridized carbons (Fsp3) is 0.647. The van der Waals surface area contributed by atoms with Crippen molar-refractivity contribution in [2.24, 2.45) is 0 Å². The molecule has 0 amide bonds. The molecule has 0 fully saturated rings. The maximum absolute atomic E-state index is 5.62. The summed E-state index contributed by atoms with van der Waals surface area (Å²) in [6.07, 6.45) is 1.03. The van der Waals surface area contributed by atoms with Gasteiger partial charge in [0.15, 0.2) is 0 Å². The lowest BCUT2D eigenvalue weighted by atomic mass is 10.1. The maximum atomic E-state index is 5.62. The standard InChI is InChI=1S/C17H30N2O2/c1-5-12-21-16-9-7-15(8-10-16)17(18-3)14-19(4)11-13-20-6-2/h7-10,17-18H,5-6,11-14H2,1-4H3. The maximum Gasteiger partial charge on any atom is 0.119 e. The zero-order valence-electron chi connectivity index (χ0n) is 13.9. The lowest BCUT2D eigenvalue weighted by Gasteiger charge is -2.24. The average Bonchev–Trinajstić information content (AvgIpc) is 2.51. The van der Waals surface area contributed by atoms with Crippen LogP contribution in [0.2, 0.25) is 0 Å². The van der Waals surface area contributed by atoms with Crippen LogP contribution in [-0.4, -0.2) is 51.9 Å². The molecule has 21 heavy (non-hydrogen) atoms. The Labute approximate surface area is 129 Å². The predicted molar refractivity (Wildman–Crippen MR) is 88.0 cm³/mol. The Morgan fingerprint density at radius 2 is 1.86 bits per heavy atom. The van der Waals surface area contributed by atoms with E-state index in [1.54, 1.807) is 0 Å². The molecule has 0 spiro atoms. The normalized spacial score (nSPS) is 12.6. The molecular weight excluding hydrogens is 264 g/mol. The van der Waals surface area contributed by atoms with Gasteiger partial charge in [-0.3, -0.25) is 0 Å². The highest BCUT2D eigenvalue weighted by atomic mass is 16.5. The minimum absolute atomic E-state index is 0.317. The zero-order chi connectivity index (χ0) is 15.5. The second kappa shape index (κ2) is 10.6. The van der Waals surface area contributed by atoms with Gasteiger partial charge in [0.2, 0.25) is 0 Å². The molecule has 0 heterocycles. The van der Waals surface area contributed by atoms with Crippen molar-refractivity contribution < 1.29 is 9.47 Å². The molecule has 4 heteroatoms. The number of benzene rings is 1. The number of nitrogens with one attached hydrogen (secondary N) is 1. The van der Waals surface area contributed by atoms with Gasteiger partial charge in [0.05, 0.1) is 13.2 Å². The van der Waals surface area contributed by atoms with Crippen LogP contribution in [0.1, 0.15) is 31.9 Å². The third-order valence-electron chi connectivity index (χ3n) is 3.42. The number of rotatable bonds is 11. The first-order valence-corrected chi connectivity index (χ1v) is 7.87. The third-order valence-corrected chi connectivity index (χ3v) is 3.42. The van der Waals surface area contributed by atoms with E-state index in [9.17, 15) is 0 Å². The van der Waals surface area contributed by atoms with E-state index in [1.807, 2.05) is 14.0 Å². The molecule has 1 aromatic carbocycles. The largest absolute Gasteiger partial charge is 0.494 e. The number of nitrogens with zero attached hydrogens (tertiary/aromatic N) is 1. The summed E-state index contributed by atoms with van der Waals surface area (Å²) in [6, 6.07) is 8.70. The Morgan fingerprint density at radius 3 is 2.43 bits per heavy atom. The summed E-state index contributed by atoms with van der Waals surface area (Å²) in [5.41, 5.74) is 1.28. The Morgan fingerprint density at radius 1 is 1.14 bits per heavy atom. The number of ether oxygens (including phenoxy) is 2. The van der Waals surface area contributed by atoms with Crippen LogP contribution >= 0.6 is 0 Å². The van der Waals surface area contributed by atoms with E-state index in [2.05, 4.69) is 48.5 Å². The van der Waals surface area contributed by atoms with Gasteiger partial charge in [-0.2, -0.15) is 0 Å². The van der Waals surface area contributed by atoms with Crippen molar-refractivity contribution in [3.63, 3.8) is 0 Å². The molecule has 0 aliphatic heterocycles. The Bertz CT molecular complexity index is 368. The molecule has 1 unspecified atom stereocenters. The molecule has 120 valence electrons. The van der Waals surface area contributed by atoms with Gasteiger partial charge < -0.3 is 19.7 Å². The van der Waals surface area contributed by atoms with E-state index in [0.29, 0.717) is 6.04 Å². The fourth-order valence-corrected chi connectivity index (χ4v) is 2.15. The topological polar surface area (TPSA) is 33.7 Å². The van der Waals surface area contributed by atoms with Crippen molar-refractivity contribution in [1.29, 1.82) is 0 Å². The van der Waals surface area contributed by atoms with Crippen LogP contribution in [0.4, 0.5) is 0 Å². The van der Waals surface area contributed by atoms with Crippen LogP contribution < -0.4 is 10.1 Å². The van der Waals surface area contributed by atoms with E-state index in [1.165, 1.54) is 5.56 Å². The summed E-state index contributed by atoms with van der Waals surface area (Å²) in [6.45, 7) is 8.38. The zero-order valence-corrected chi connectivity index (χ0v) is 13.9. The van der Waals surface area contributed by atoms with Gasteiger partial charge in [0, 0.05) is 25.7 Å². The Kier molecular flexibility index (Phi) is 9.06. The third kappa shape index (κ3) is 6.93. The van der Waals surface area contributed by atoms with E-state index in [-0.39, 0.29) is 0 Å². The van der Waals surface area contributed by atoms with Crippen LogP contribution in [0.25, 0.3) is 0 Å². The van der Waals surface area contributed by atoms with Crippen molar-refractivity contribution in [3.05, 3.63) is 29.8 Å². The summed E-state index contributed by atoms with van der Waals surface area (Å²) in [4.78, 5) is 2.29. The van der Waals surface area contributed by atoms with Gasteiger partial charge in [-0.15, -0.1) is 0 Å². The molecular formula is C17H30N2O2. The molecule has 1 N–H and O–H groups in total. The van der Waals surface area contributed by atoms with Crippen LogP contribution in [-0.2, 0) is 4.74 Å². The first-order chi connectivity index (χ1) is 10.2. The SMILES string of the molecule is CCCOc1ccc(C(CN(C)CCOCC)NC)cc1. The van der Waals surface area contributed by atoms with E-state index >= 15 is 0 Å². The van der Waals surface area contributed by atoms with Crippen molar-refractivity contribution in [2.45, 2.75) is 26.3 Å². The Hall–Kier alpha value is -1.10. The van der Waals surface area contributed by atoms with E-state index in [0.717, 1.165) is 45.1 Å². The average molecular weight is 294 g/mol. The van der Waals surface area contributed by atoms with Crippen LogP contribution in [0, 0.1) is 0 Å². The second-order valence-electron chi connectivity index (χ2n) is 5.22. The van der Waals surface area contributed by atoms with E-state index < -0.39 is 0 Å². The highest BCUT2D eigenvalue weighted by molar-refractivity contribution is 5.29. The lowest BCUT2D eigenvalue weighted by molar-refractivity contribution is 0.119. The first kappa shape index (κ1) is 18.0. The predicted octanol–water partition coefficient (Wildman–Crippen LogP) is 2.70. The smallest absolute Gasteiger partial charge is 0.119 e. The minimum Gasteiger partial charge on any atom is -0.494 e.